The van der Waals surface area contributed by atoms with Gasteiger partial charge in [0.25, 0.3) is 0 Å². The van der Waals surface area contributed by atoms with Gasteiger partial charge in [-0.05, 0) is 72.3 Å². The van der Waals surface area contributed by atoms with Gasteiger partial charge in [0.05, 0.1) is 10.5 Å². The van der Waals surface area contributed by atoms with Crippen LogP contribution in [0.5, 0.6) is 0 Å². The summed E-state index contributed by atoms with van der Waals surface area (Å²) in [6, 6.07) is 7.12. The van der Waals surface area contributed by atoms with E-state index in [4.69, 9.17) is 0 Å². The van der Waals surface area contributed by atoms with Crippen LogP contribution >= 0.6 is 15.9 Å². The summed E-state index contributed by atoms with van der Waals surface area (Å²) in [5, 5.41) is 2.98. The minimum atomic E-state index is -3.75. The lowest BCUT2D eigenvalue weighted by Gasteiger charge is -2.29. The first-order valence-corrected chi connectivity index (χ1v) is 13.4. The smallest absolute Gasteiger partial charge is 0.242 e. The number of pyridine rings is 1. The van der Waals surface area contributed by atoms with E-state index in [1.807, 2.05) is 18.9 Å². The molecule has 0 aliphatic heterocycles. The molecule has 10 heteroatoms. The lowest BCUT2D eigenvalue weighted by atomic mass is 9.85. The zero-order chi connectivity index (χ0) is 24.9. The van der Waals surface area contributed by atoms with Crippen molar-refractivity contribution in [2.45, 2.75) is 49.6 Å². The predicted octanol–water partition coefficient (Wildman–Crippen LogP) is 4.32. The van der Waals surface area contributed by atoms with Gasteiger partial charge in [-0.1, -0.05) is 18.2 Å². The summed E-state index contributed by atoms with van der Waals surface area (Å²) >= 11 is 3.41. The third kappa shape index (κ3) is 6.64. The van der Waals surface area contributed by atoms with Crippen LogP contribution in [0.2, 0.25) is 0 Å². The van der Waals surface area contributed by atoms with Crippen LogP contribution in [0, 0.1) is 11.7 Å². The summed E-state index contributed by atoms with van der Waals surface area (Å²) in [4.78, 5) is 18.9. The van der Waals surface area contributed by atoms with Gasteiger partial charge in [0, 0.05) is 31.7 Å². The van der Waals surface area contributed by atoms with Crippen LogP contribution in [0.4, 0.5) is 10.2 Å². The number of nitrogens with one attached hydrogen (secondary N) is 2. The maximum atomic E-state index is 13.1. The van der Waals surface area contributed by atoms with Gasteiger partial charge in [-0.15, -0.1) is 6.58 Å². The molecule has 0 saturated heterocycles. The largest absolute Gasteiger partial charge is 0.355 e. The standard InChI is InChI=1S/C24H30BrFN4O3S/c1-4-13-30(3)23-22(25)14-21(15-27-23)34(32,33)29-20-11-7-18(8-12-20)24(31)28-16(2)17-5-9-19(26)10-6-17/h4-6,9-10,14-16,18,20,29H,1,7-8,11-13H2,2-3H3,(H,28,31)/t16-,18-,20-/m1/s1. The molecule has 2 N–H and O–H groups in total. The first-order valence-electron chi connectivity index (χ1n) is 11.2. The van der Waals surface area contributed by atoms with Crippen LogP contribution in [0.15, 0.2) is 58.6 Å². The van der Waals surface area contributed by atoms with Crippen molar-refractivity contribution in [1.29, 1.82) is 0 Å². The number of anilines is 1. The predicted molar refractivity (Wildman–Crippen MR) is 134 cm³/mol. The zero-order valence-electron chi connectivity index (χ0n) is 19.3. The molecule has 1 aromatic carbocycles. The summed E-state index contributed by atoms with van der Waals surface area (Å²) < 4.78 is 42.2. The number of likely N-dealkylation sites (N-methyl/N-ethyl adjacent to an activating group) is 1. The minimum Gasteiger partial charge on any atom is -0.355 e. The monoisotopic (exact) mass is 552 g/mol. The number of hydrogen-bond acceptors (Lipinski definition) is 5. The molecular weight excluding hydrogens is 523 g/mol. The van der Waals surface area contributed by atoms with Crippen molar-refractivity contribution < 1.29 is 17.6 Å². The molecule has 34 heavy (non-hydrogen) atoms. The normalized spacial score (nSPS) is 19.3. The Morgan fingerprint density at radius 3 is 2.53 bits per heavy atom. The molecule has 1 heterocycles. The van der Waals surface area contributed by atoms with Gasteiger partial charge in [-0.2, -0.15) is 0 Å². The molecular formula is C24H30BrFN4O3S. The Kier molecular flexibility index (Phi) is 8.83. The fourth-order valence-corrected chi connectivity index (χ4v) is 6.13. The number of rotatable bonds is 9. The molecule has 0 spiro atoms. The van der Waals surface area contributed by atoms with E-state index in [0.29, 0.717) is 42.5 Å². The highest BCUT2D eigenvalue weighted by atomic mass is 79.9. The second kappa shape index (κ2) is 11.4. The fourth-order valence-electron chi connectivity index (χ4n) is 4.05. The van der Waals surface area contributed by atoms with Crippen molar-refractivity contribution in [1.82, 2.24) is 15.0 Å². The molecule has 0 radical (unpaired) electrons. The molecule has 1 aliphatic carbocycles. The van der Waals surface area contributed by atoms with Crippen LogP contribution in [0.25, 0.3) is 0 Å². The number of amides is 1. The van der Waals surface area contributed by atoms with Gasteiger partial charge in [0.2, 0.25) is 15.9 Å². The molecule has 1 atom stereocenters. The fraction of sp³-hybridized carbons (Fsp3) is 0.417. The maximum absolute atomic E-state index is 13.1. The summed E-state index contributed by atoms with van der Waals surface area (Å²) in [6.07, 6.45) is 5.39. The molecule has 184 valence electrons. The number of benzene rings is 1. The van der Waals surface area contributed by atoms with Crippen molar-refractivity contribution in [3.63, 3.8) is 0 Å². The van der Waals surface area contributed by atoms with E-state index in [0.717, 1.165) is 5.56 Å². The van der Waals surface area contributed by atoms with Crippen LogP contribution < -0.4 is 14.9 Å². The minimum absolute atomic E-state index is 0.0644. The zero-order valence-corrected chi connectivity index (χ0v) is 21.7. The van der Waals surface area contributed by atoms with Gasteiger partial charge in [-0.3, -0.25) is 4.79 Å². The Hall–Kier alpha value is -2.30. The van der Waals surface area contributed by atoms with Gasteiger partial charge >= 0.3 is 0 Å². The molecule has 1 aliphatic rings. The molecule has 0 bridgehead atoms. The van der Waals surface area contributed by atoms with Crippen molar-refractivity contribution in [2.75, 3.05) is 18.5 Å². The molecule has 1 fully saturated rings. The van der Waals surface area contributed by atoms with Crippen LogP contribution in [0.3, 0.4) is 0 Å². The van der Waals surface area contributed by atoms with Gasteiger partial charge in [0.1, 0.15) is 16.5 Å². The average molecular weight is 553 g/mol. The van der Waals surface area contributed by atoms with Gasteiger partial charge in [0.15, 0.2) is 0 Å². The summed E-state index contributed by atoms with van der Waals surface area (Å²) in [5.74, 6) is 0.0621. The Balaban J connectivity index is 1.54. The number of halogens is 2. The highest BCUT2D eigenvalue weighted by molar-refractivity contribution is 9.10. The third-order valence-electron chi connectivity index (χ3n) is 6.02. The van der Waals surface area contributed by atoms with Crippen LogP contribution in [-0.4, -0.2) is 38.9 Å². The number of carbonyl (C=O) groups excluding carboxylic acids is 1. The second-order valence-corrected chi connectivity index (χ2v) is 11.2. The van der Waals surface area contributed by atoms with Crippen LogP contribution in [0.1, 0.15) is 44.2 Å². The topological polar surface area (TPSA) is 91.4 Å². The van der Waals surface area contributed by atoms with Gasteiger partial charge < -0.3 is 10.2 Å². The third-order valence-corrected chi connectivity index (χ3v) is 8.09. The lowest BCUT2D eigenvalue weighted by Crippen LogP contribution is -2.41. The number of hydrogen-bond donors (Lipinski definition) is 2. The van der Waals surface area contributed by atoms with Crippen molar-refractivity contribution >= 4 is 37.7 Å². The number of carbonyl (C=O) groups is 1. The molecule has 1 aromatic heterocycles. The van der Waals surface area contributed by atoms with Crippen molar-refractivity contribution in [2.24, 2.45) is 5.92 Å². The quantitative estimate of drug-likeness (QED) is 0.452. The molecule has 1 amide bonds. The van der Waals surface area contributed by atoms with E-state index >= 15 is 0 Å². The number of aromatic nitrogens is 1. The van der Waals surface area contributed by atoms with E-state index in [2.05, 4.69) is 37.5 Å². The second-order valence-electron chi connectivity index (χ2n) is 8.60. The first kappa shape index (κ1) is 26.3. The molecule has 1 saturated carbocycles. The Bertz CT molecular complexity index is 1120. The summed E-state index contributed by atoms with van der Waals surface area (Å²) in [6.45, 7) is 6.13. The Labute approximate surface area is 209 Å². The molecule has 2 aromatic rings. The van der Waals surface area contributed by atoms with Crippen LogP contribution in [-0.2, 0) is 14.8 Å². The first-order chi connectivity index (χ1) is 16.1. The number of nitrogens with zero attached hydrogens (tertiary/aromatic N) is 2. The highest BCUT2D eigenvalue weighted by Crippen LogP contribution is 2.29. The van der Waals surface area contributed by atoms with E-state index < -0.39 is 10.0 Å². The Morgan fingerprint density at radius 2 is 1.94 bits per heavy atom. The summed E-state index contributed by atoms with van der Waals surface area (Å²) in [5.41, 5.74) is 0.831. The highest BCUT2D eigenvalue weighted by Gasteiger charge is 2.30. The lowest BCUT2D eigenvalue weighted by molar-refractivity contribution is -0.126. The molecule has 3 rings (SSSR count). The maximum Gasteiger partial charge on any atom is 0.242 e. The molecule has 0 unspecified atom stereocenters. The van der Waals surface area contributed by atoms with E-state index in [1.165, 1.54) is 18.3 Å². The SMILES string of the molecule is C=CCN(C)c1ncc(S(=O)(=O)N[C@H]2CC[C@H](C(=O)N[C@H](C)c3ccc(F)cc3)CC2)cc1Br. The van der Waals surface area contributed by atoms with E-state index in [-0.39, 0.29) is 34.6 Å². The molecule has 7 nitrogen and oxygen atoms in total. The number of sulfonamides is 1. The summed E-state index contributed by atoms with van der Waals surface area (Å²) in [7, 11) is -1.90. The average Bonchev–Trinajstić information content (AvgIpc) is 2.79. The van der Waals surface area contributed by atoms with E-state index in [9.17, 15) is 17.6 Å². The van der Waals surface area contributed by atoms with Crippen molar-refractivity contribution in [3.8, 4) is 0 Å². The van der Waals surface area contributed by atoms with Gasteiger partial charge in [-0.25, -0.2) is 22.5 Å². The van der Waals surface area contributed by atoms with Crippen molar-refractivity contribution in [3.05, 3.63) is 65.0 Å². The Morgan fingerprint density at radius 1 is 1.29 bits per heavy atom. The van der Waals surface area contributed by atoms with E-state index in [1.54, 1.807) is 24.3 Å².